The van der Waals surface area contributed by atoms with Crippen LogP contribution < -0.4 is 5.32 Å². The van der Waals surface area contributed by atoms with E-state index in [2.05, 4.69) is 30.2 Å². The number of amides is 1. The number of H-pyrrole nitrogens is 1. The number of benzene rings is 1. The smallest absolute Gasteiger partial charge is 0.258 e. The van der Waals surface area contributed by atoms with Crippen LogP contribution in [0.25, 0.3) is 22.6 Å². The number of halogens is 3. The molecular formula is C17H9Cl2FN6O. The molecule has 2 N–H and O–H groups in total. The zero-order valence-corrected chi connectivity index (χ0v) is 14.9. The Morgan fingerprint density at radius 2 is 1.74 bits per heavy atom. The Labute approximate surface area is 161 Å². The van der Waals surface area contributed by atoms with Crippen LogP contribution in [-0.2, 0) is 0 Å². The number of imidazole rings is 1. The highest BCUT2D eigenvalue weighted by atomic mass is 35.5. The van der Waals surface area contributed by atoms with Crippen molar-refractivity contribution in [1.82, 2.24) is 24.9 Å². The third-order valence-electron chi connectivity index (χ3n) is 3.75. The van der Waals surface area contributed by atoms with Crippen LogP contribution in [0.15, 0.2) is 42.9 Å². The van der Waals surface area contributed by atoms with Crippen molar-refractivity contribution >= 4 is 46.0 Å². The Bertz CT molecular complexity index is 1140. The van der Waals surface area contributed by atoms with Crippen LogP contribution in [0.2, 0.25) is 10.3 Å². The molecule has 0 saturated heterocycles. The molecule has 10 heteroatoms. The Morgan fingerprint density at radius 1 is 1.04 bits per heavy atom. The van der Waals surface area contributed by atoms with Gasteiger partial charge in [0.1, 0.15) is 23.7 Å². The van der Waals surface area contributed by atoms with Crippen molar-refractivity contribution in [2.24, 2.45) is 0 Å². The van der Waals surface area contributed by atoms with Gasteiger partial charge >= 0.3 is 0 Å². The Balaban J connectivity index is 1.73. The standard InChI is InChI=1S/C17H9Cl2FN6O/c18-13-12(14(19)23-7-22-13)25-17(27)10-5-6-21-16-11(10)24-15(26-16)8-1-3-9(20)4-2-8/h1-7H,(H,25,27)(H,21,24,26). The number of pyridine rings is 1. The summed E-state index contributed by atoms with van der Waals surface area (Å²) in [4.78, 5) is 31.8. The largest absolute Gasteiger partial charge is 0.336 e. The first-order valence-electron chi connectivity index (χ1n) is 7.61. The lowest BCUT2D eigenvalue weighted by molar-refractivity contribution is 0.102. The number of aromatic nitrogens is 5. The van der Waals surface area contributed by atoms with Gasteiger partial charge in [0.2, 0.25) is 0 Å². The summed E-state index contributed by atoms with van der Waals surface area (Å²) in [6.45, 7) is 0. The first kappa shape index (κ1) is 17.3. The van der Waals surface area contributed by atoms with Gasteiger partial charge in [-0.3, -0.25) is 4.79 Å². The van der Waals surface area contributed by atoms with E-state index in [4.69, 9.17) is 23.2 Å². The average Bonchev–Trinajstić information content (AvgIpc) is 3.09. The molecule has 0 radical (unpaired) electrons. The molecule has 134 valence electrons. The number of rotatable bonds is 3. The van der Waals surface area contributed by atoms with Gasteiger partial charge in [-0.2, -0.15) is 0 Å². The highest BCUT2D eigenvalue weighted by Crippen LogP contribution is 2.27. The summed E-state index contributed by atoms with van der Waals surface area (Å²) in [5, 5.41) is 2.63. The van der Waals surface area contributed by atoms with E-state index in [1.54, 1.807) is 12.1 Å². The van der Waals surface area contributed by atoms with Crippen LogP contribution in [0.3, 0.4) is 0 Å². The molecule has 0 atom stereocenters. The van der Waals surface area contributed by atoms with Crippen molar-refractivity contribution in [1.29, 1.82) is 0 Å². The molecule has 0 spiro atoms. The first-order valence-corrected chi connectivity index (χ1v) is 8.36. The van der Waals surface area contributed by atoms with Gasteiger partial charge in [-0.15, -0.1) is 0 Å². The quantitative estimate of drug-likeness (QED) is 0.502. The number of aromatic amines is 1. The summed E-state index contributed by atoms with van der Waals surface area (Å²) < 4.78 is 13.1. The molecule has 4 rings (SSSR count). The molecule has 0 aliphatic heterocycles. The molecule has 7 nitrogen and oxygen atoms in total. The van der Waals surface area contributed by atoms with Gasteiger partial charge in [-0.05, 0) is 30.3 Å². The molecule has 3 heterocycles. The predicted octanol–water partition coefficient (Wildman–Crippen LogP) is 4.11. The van der Waals surface area contributed by atoms with E-state index in [0.29, 0.717) is 22.6 Å². The molecule has 0 aliphatic rings. The fourth-order valence-corrected chi connectivity index (χ4v) is 2.88. The van der Waals surface area contributed by atoms with Crippen LogP contribution in [0.4, 0.5) is 10.1 Å². The molecule has 0 unspecified atom stereocenters. The summed E-state index contributed by atoms with van der Waals surface area (Å²) in [7, 11) is 0. The van der Waals surface area contributed by atoms with Crippen molar-refractivity contribution in [3.05, 3.63) is 64.5 Å². The zero-order valence-electron chi connectivity index (χ0n) is 13.4. The minimum Gasteiger partial charge on any atom is -0.336 e. The van der Waals surface area contributed by atoms with Gasteiger partial charge in [0, 0.05) is 11.8 Å². The van der Waals surface area contributed by atoms with E-state index >= 15 is 0 Å². The summed E-state index contributed by atoms with van der Waals surface area (Å²) in [6, 6.07) is 7.32. The van der Waals surface area contributed by atoms with Gasteiger partial charge < -0.3 is 10.3 Å². The third-order valence-corrected chi connectivity index (χ3v) is 4.32. The molecule has 0 bridgehead atoms. The molecular weight excluding hydrogens is 394 g/mol. The second-order valence-electron chi connectivity index (χ2n) is 5.43. The summed E-state index contributed by atoms with van der Waals surface area (Å²) in [5.74, 6) is -0.390. The van der Waals surface area contributed by atoms with E-state index in [-0.39, 0.29) is 27.4 Å². The number of carbonyl (C=O) groups excluding carboxylic acids is 1. The molecule has 0 fully saturated rings. The maximum atomic E-state index is 13.1. The summed E-state index contributed by atoms with van der Waals surface area (Å²) >= 11 is 11.9. The zero-order chi connectivity index (χ0) is 19.0. The van der Waals surface area contributed by atoms with E-state index < -0.39 is 5.91 Å². The minimum absolute atomic E-state index is 0.0188. The summed E-state index contributed by atoms with van der Waals surface area (Å²) in [6.07, 6.45) is 2.64. The number of hydrogen-bond donors (Lipinski definition) is 2. The number of fused-ring (bicyclic) bond motifs is 1. The molecule has 27 heavy (non-hydrogen) atoms. The predicted molar refractivity (Wildman–Crippen MR) is 99.3 cm³/mol. The van der Waals surface area contributed by atoms with Crippen LogP contribution in [0.1, 0.15) is 10.4 Å². The number of anilines is 1. The van der Waals surface area contributed by atoms with E-state index in [9.17, 15) is 9.18 Å². The fraction of sp³-hybridized carbons (Fsp3) is 0. The normalized spacial score (nSPS) is 10.9. The van der Waals surface area contributed by atoms with Crippen LogP contribution in [0.5, 0.6) is 0 Å². The SMILES string of the molecule is O=C(Nc1c(Cl)ncnc1Cl)c1ccnc2nc(-c3ccc(F)cc3)[nH]c12. The van der Waals surface area contributed by atoms with E-state index in [0.717, 1.165) is 0 Å². The number of carbonyl (C=O) groups is 1. The van der Waals surface area contributed by atoms with Gasteiger partial charge in [-0.25, -0.2) is 24.3 Å². The van der Waals surface area contributed by atoms with Crippen molar-refractivity contribution in [3.8, 4) is 11.4 Å². The lowest BCUT2D eigenvalue weighted by Crippen LogP contribution is -2.14. The van der Waals surface area contributed by atoms with Gasteiger partial charge in [0.05, 0.1) is 11.1 Å². The molecule has 1 aromatic carbocycles. The first-order chi connectivity index (χ1) is 13.0. The second-order valence-corrected chi connectivity index (χ2v) is 6.15. The number of hydrogen-bond acceptors (Lipinski definition) is 5. The Hall–Kier alpha value is -3.10. The second kappa shape index (κ2) is 6.90. The minimum atomic E-state index is -0.490. The molecule has 4 aromatic rings. The average molecular weight is 403 g/mol. The number of nitrogens with zero attached hydrogens (tertiary/aromatic N) is 4. The lowest BCUT2D eigenvalue weighted by atomic mass is 10.2. The lowest BCUT2D eigenvalue weighted by Gasteiger charge is -2.07. The van der Waals surface area contributed by atoms with Crippen molar-refractivity contribution in [2.75, 3.05) is 5.32 Å². The van der Waals surface area contributed by atoms with Crippen LogP contribution >= 0.6 is 23.2 Å². The topological polar surface area (TPSA) is 96.5 Å². The van der Waals surface area contributed by atoms with Crippen molar-refractivity contribution in [3.63, 3.8) is 0 Å². The Morgan fingerprint density at radius 3 is 2.44 bits per heavy atom. The van der Waals surface area contributed by atoms with Gasteiger partial charge in [0.25, 0.3) is 5.91 Å². The van der Waals surface area contributed by atoms with Crippen molar-refractivity contribution in [2.45, 2.75) is 0 Å². The van der Waals surface area contributed by atoms with Crippen LogP contribution in [-0.4, -0.2) is 30.8 Å². The molecule has 0 aliphatic carbocycles. The highest BCUT2D eigenvalue weighted by molar-refractivity contribution is 6.38. The van der Waals surface area contributed by atoms with Crippen molar-refractivity contribution < 1.29 is 9.18 Å². The molecule has 1 amide bonds. The number of nitrogens with one attached hydrogen (secondary N) is 2. The fourth-order valence-electron chi connectivity index (χ4n) is 2.47. The van der Waals surface area contributed by atoms with E-state index in [1.165, 1.54) is 30.7 Å². The highest BCUT2D eigenvalue weighted by Gasteiger charge is 2.18. The van der Waals surface area contributed by atoms with Crippen LogP contribution in [0, 0.1) is 5.82 Å². The summed E-state index contributed by atoms with van der Waals surface area (Å²) in [5.41, 5.74) is 1.79. The monoisotopic (exact) mass is 402 g/mol. The van der Waals surface area contributed by atoms with Gasteiger partial charge in [-0.1, -0.05) is 23.2 Å². The maximum absolute atomic E-state index is 13.1. The molecule has 3 aromatic heterocycles. The maximum Gasteiger partial charge on any atom is 0.258 e. The van der Waals surface area contributed by atoms with E-state index in [1.807, 2.05) is 0 Å². The van der Waals surface area contributed by atoms with Gasteiger partial charge in [0.15, 0.2) is 16.0 Å². The molecule has 0 saturated carbocycles. The Kier molecular flexibility index (Phi) is 4.43. The third kappa shape index (κ3) is 3.32.